The van der Waals surface area contributed by atoms with E-state index in [0.29, 0.717) is 18.9 Å². The number of nitrogens with one attached hydrogen (secondary N) is 2. The van der Waals surface area contributed by atoms with Gasteiger partial charge in [0.1, 0.15) is 5.82 Å². The fourth-order valence-electron chi connectivity index (χ4n) is 3.38. The summed E-state index contributed by atoms with van der Waals surface area (Å²) in [5.74, 6) is 0.650. The van der Waals surface area contributed by atoms with Gasteiger partial charge in [0.2, 0.25) is 5.91 Å². The lowest BCUT2D eigenvalue weighted by Gasteiger charge is -2.22. The van der Waals surface area contributed by atoms with Crippen LogP contribution in [-0.4, -0.2) is 25.5 Å². The fourth-order valence-corrected chi connectivity index (χ4v) is 3.38. The third-order valence-electron chi connectivity index (χ3n) is 5.17. The number of benzene rings is 1. The molecule has 1 aromatic rings. The van der Waals surface area contributed by atoms with Crippen LogP contribution < -0.4 is 10.6 Å². The zero-order valence-corrected chi connectivity index (χ0v) is 13.0. The van der Waals surface area contributed by atoms with Crippen LogP contribution in [0.5, 0.6) is 0 Å². The lowest BCUT2D eigenvalue weighted by molar-refractivity contribution is -0.121. The summed E-state index contributed by atoms with van der Waals surface area (Å²) in [4.78, 5) is 12.1. The van der Waals surface area contributed by atoms with Gasteiger partial charge in [-0.3, -0.25) is 4.79 Å². The average molecular weight is 304 g/mol. The van der Waals surface area contributed by atoms with E-state index >= 15 is 0 Å². The molecule has 3 nitrogen and oxygen atoms in total. The Labute approximate surface area is 131 Å². The molecule has 4 heteroatoms. The van der Waals surface area contributed by atoms with Crippen molar-refractivity contribution in [1.29, 1.82) is 0 Å². The van der Waals surface area contributed by atoms with E-state index in [1.807, 2.05) is 12.1 Å². The molecule has 1 aliphatic carbocycles. The number of carbonyl (C=O) groups excluding carboxylic acids is 1. The second-order valence-corrected chi connectivity index (χ2v) is 6.80. The zero-order valence-electron chi connectivity index (χ0n) is 13.0. The van der Waals surface area contributed by atoms with Crippen molar-refractivity contribution in [3.63, 3.8) is 0 Å². The molecule has 1 aliphatic heterocycles. The number of carbonyl (C=O) groups is 1. The van der Waals surface area contributed by atoms with Crippen molar-refractivity contribution in [1.82, 2.24) is 10.6 Å². The Morgan fingerprint density at radius 1 is 1.23 bits per heavy atom. The van der Waals surface area contributed by atoms with Crippen molar-refractivity contribution in [2.75, 3.05) is 19.6 Å². The van der Waals surface area contributed by atoms with E-state index in [1.165, 1.54) is 25.0 Å². The molecule has 120 valence electrons. The summed E-state index contributed by atoms with van der Waals surface area (Å²) in [6.45, 7) is 2.85. The summed E-state index contributed by atoms with van der Waals surface area (Å²) in [7, 11) is 0. The van der Waals surface area contributed by atoms with Crippen molar-refractivity contribution in [2.45, 2.75) is 43.9 Å². The van der Waals surface area contributed by atoms with Crippen LogP contribution in [0.3, 0.4) is 0 Å². The van der Waals surface area contributed by atoms with E-state index in [1.54, 1.807) is 0 Å². The minimum Gasteiger partial charge on any atom is -0.355 e. The molecule has 1 heterocycles. The molecule has 1 saturated heterocycles. The van der Waals surface area contributed by atoms with E-state index in [0.717, 1.165) is 37.9 Å². The normalized spacial score (nSPS) is 20.6. The van der Waals surface area contributed by atoms with Gasteiger partial charge in [-0.15, -0.1) is 0 Å². The lowest BCUT2D eigenvalue weighted by Crippen LogP contribution is -2.33. The number of amides is 1. The van der Waals surface area contributed by atoms with Crippen molar-refractivity contribution in [3.05, 3.63) is 35.6 Å². The first-order valence-electron chi connectivity index (χ1n) is 8.41. The minimum atomic E-state index is -0.203. The monoisotopic (exact) mass is 304 g/mol. The standard InChI is InChI=1S/C18H25FN2O/c19-16-4-2-15(3-5-16)18(9-10-18)13-21-17(22)6-1-14-7-11-20-12-8-14/h2-5,14,20H,1,6-13H2,(H,21,22). The third-order valence-corrected chi connectivity index (χ3v) is 5.17. The number of hydrogen-bond donors (Lipinski definition) is 2. The summed E-state index contributed by atoms with van der Waals surface area (Å²) in [6.07, 6.45) is 6.15. The summed E-state index contributed by atoms with van der Waals surface area (Å²) in [6, 6.07) is 6.72. The first-order chi connectivity index (χ1) is 10.7. The van der Waals surface area contributed by atoms with Gasteiger partial charge in [-0.05, 0) is 68.8 Å². The molecule has 1 amide bonds. The third kappa shape index (κ3) is 3.86. The van der Waals surface area contributed by atoms with Crippen LogP contribution >= 0.6 is 0 Å². The highest BCUT2D eigenvalue weighted by molar-refractivity contribution is 5.76. The molecule has 2 N–H and O–H groups in total. The molecule has 22 heavy (non-hydrogen) atoms. The highest BCUT2D eigenvalue weighted by atomic mass is 19.1. The highest BCUT2D eigenvalue weighted by Gasteiger charge is 2.44. The average Bonchev–Trinajstić information content (AvgIpc) is 3.34. The van der Waals surface area contributed by atoms with Gasteiger partial charge in [-0.25, -0.2) is 4.39 Å². The van der Waals surface area contributed by atoms with Crippen LogP contribution in [-0.2, 0) is 10.2 Å². The fraction of sp³-hybridized carbons (Fsp3) is 0.611. The number of rotatable bonds is 6. The molecule has 0 atom stereocenters. The van der Waals surface area contributed by atoms with Crippen LogP contribution in [0.25, 0.3) is 0 Å². The molecule has 0 bridgehead atoms. The quantitative estimate of drug-likeness (QED) is 0.848. The molecule has 2 aliphatic rings. The maximum absolute atomic E-state index is 13.0. The van der Waals surface area contributed by atoms with Crippen LogP contribution in [0, 0.1) is 11.7 Å². The zero-order chi connectivity index (χ0) is 15.4. The molecule has 0 radical (unpaired) electrons. The van der Waals surface area contributed by atoms with Crippen molar-refractivity contribution in [2.24, 2.45) is 5.92 Å². The van der Waals surface area contributed by atoms with E-state index in [4.69, 9.17) is 0 Å². The SMILES string of the molecule is O=C(CCC1CCNCC1)NCC1(c2ccc(F)cc2)CC1. The summed E-state index contributed by atoms with van der Waals surface area (Å²) in [5.41, 5.74) is 1.20. The Bertz CT molecular complexity index is 504. The molecule has 1 aromatic carbocycles. The Kier molecular flexibility index (Phi) is 4.77. The molecule has 3 rings (SSSR count). The predicted octanol–water partition coefficient (Wildman–Crippen LogP) is 2.75. The molecule has 1 saturated carbocycles. The first kappa shape index (κ1) is 15.5. The van der Waals surface area contributed by atoms with E-state index in [2.05, 4.69) is 10.6 Å². The van der Waals surface area contributed by atoms with Crippen LogP contribution in [0.4, 0.5) is 4.39 Å². The number of halogens is 1. The molecular weight excluding hydrogens is 279 g/mol. The Morgan fingerprint density at radius 2 is 1.91 bits per heavy atom. The topological polar surface area (TPSA) is 41.1 Å². The van der Waals surface area contributed by atoms with Gasteiger partial charge in [0, 0.05) is 18.4 Å². The van der Waals surface area contributed by atoms with Crippen molar-refractivity contribution >= 4 is 5.91 Å². The molecule has 0 spiro atoms. The first-order valence-corrected chi connectivity index (χ1v) is 8.41. The smallest absolute Gasteiger partial charge is 0.220 e. The Balaban J connectivity index is 1.43. The summed E-state index contributed by atoms with van der Waals surface area (Å²) in [5, 5.41) is 6.44. The minimum absolute atomic E-state index is 0.0537. The van der Waals surface area contributed by atoms with E-state index in [-0.39, 0.29) is 17.1 Å². The van der Waals surface area contributed by atoms with Crippen LogP contribution in [0.1, 0.15) is 44.1 Å². The van der Waals surface area contributed by atoms with E-state index in [9.17, 15) is 9.18 Å². The molecule has 0 aromatic heterocycles. The molecular formula is C18H25FN2O. The second kappa shape index (κ2) is 6.78. The van der Waals surface area contributed by atoms with E-state index < -0.39 is 0 Å². The van der Waals surface area contributed by atoms with Gasteiger partial charge in [-0.2, -0.15) is 0 Å². The van der Waals surface area contributed by atoms with Gasteiger partial charge in [0.25, 0.3) is 0 Å². The van der Waals surface area contributed by atoms with Gasteiger partial charge in [0.05, 0.1) is 0 Å². The summed E-state index contributed by atoms with van der Waals surface area (Å²) >= 11 is 0. The van der Waals surface area contributed by atoms with Crippen molar-refractivity contribution < 1.29 is 9.18 Å². The Hall–Kier alpha value is -1.42. The van der Waals surface area contributed by atoms with Crippen molar-refractivity contribution in [3.8, 4) is 0 Å². The maximum atomic E-state index is 13.0. The predicted molar refractivity (Wildman–Crippen MR) is 85.1 cm³/mol. The highest BCUT2D eigenvalue weighted by Crippen LogP contribution is 2.47. The number of piperidine rings is 1. The van der Waals surface area contributed by atoms with Gasteiger partial charge in [0.15, 0.2) is 0 Å². The second-order valence-electron chi connectivity index (χ2n) is 6.80. The Morgan fingerprint density at radius 3 is 2.55 bits per heavy atom. The molecule has 2 fully saturated rings. The lowest BCUT2D eigenvalue weighted by atomic mass is 9.93. The maximum Gasteiger partial charge on any atom is 0.220 e. The van der Waals surface area contributed by atoms with Gasteiger partial charge < -0.3 is 10.6 Å². The molecule has 0 unspecified atom stereocenters. The largest absolute Gasteiger partial charge is 0.355 e. The van der Waals surface area contributed by atoms with Crippen LogP contribution in [0.15, 0.2) is 24.3 Å². The van der Waals surface area contributed by atoms with Gasteiger partial charge >= 0.3 is 0 Å². The van der Waals surface area contributed by atoms with Crippen LogP contribution in [0.2, 0.25) is 0 Å². The number of hydrogen-bond acceptors (Lipinski definition) is 2. The van der Waals surface area contributed by atoms with Gasteiger partial charge in [-0.1, -0.05) is 12.1 Å². The summed E-state index contributed by atoms with van der Waals surface area (Å²) < 4.78 is 13.0.